The van der Waals surface area contributed by atoms with Crippen molar-refractivity contribution in [3.05, 3.63) is 35.0 Å². The SMILES string of the molecule is Cc1cnn(Cc2c(C(=O)N3CC4(CC(N5CCCC5)CO4)C3)noc2C)c1. The van der Waals surface area contributed by atoms with E-state index in [2.05, 4.69) is 15.2 Å². The molecule has 150 valence electrons. The largest absolute Gasteiger partial charge is 0.370 e. The first-order valence-electron chi connectivity index (χ1n) is 10.1. The zero-order valence-corrected chi connectivity index (χ0v) is 16.6. The summed E-state index contributed by atoms with van der Waals surface area (Å²) in [7, 11) is 0. The molecule has 8 heteroatoms. The molecule has 0 radical (unpaired) electrons. The average Bonchev–Trinajstić information content (AvgIpc) is 3.41. The van der Waals surface area contributed by atoms with E-state index in [1.807, 2.05) is 29.6 Å². The van der Waals surface area contributed by atoms with E-state index in [4.69, 9.17) is 9.26 Å². The third-order valence-electron chi connectivity index (χ3n) is 6.36. The molecule has 1 unspecified atom stereocenters. The average molecular weight is 385 g/mol. The molecule has 28 heavy (non-hydrogen) atoms. The van der Waals surface area contributed by atoms with Crippen LogP contribution in [-0.2, 0) is 11.3 Å². The Morgan fingerprint density at radius 3 is 2.79 bits per heavy atom. The molecule has 2 aromatic rings. The highest BCUT2D eigenvalue weighted by Gasteiger charge is 2.53. The maximum absolute atomic E-state index is 13.0. The minimum atomic E-state index is -0.166. The fourth-order valence-electron chi connectivity index (χ4n) is 4.79. The lowest BCUT2D eigenvalue weighted by Gasteiger charge is -2.47. The van der Waals surface area contributed by atoms with Crippen molar-refractivity contribution in [2.75, 3.05) is 32.8 Å². The number of nitrogens with zero attached hydrogens (tertiary/aromatic N) is 5. The van der Waals surface area contributed by atoms with Gasteiger partial charge in [0.25, 0.3) is 5.91 Å². The van der Waals surface area contributed by atoms with Gasteiger partial charge in [0.05, 0.1) is 32.4 Å². The molecule has 8 nitrogen and oxygen atoms in total. The summed E-state index contributed by atoms with van der Waals surface area (Å²) in [6, 6.07) is 0.507. The molecule has 0 N–H and O–H groups in total. The number of aromatic nitrogens is 3. The van der Waals surface area contributed by atoms with E-state index in [0.717, 1.165) is 24.2 Å². The monoisotopic (exact) mass is 385 g/mol. The molecule has 1 spiro atoms. The molecule has 1 amide bonds. The van der Waals surface area contributed by atoms with E-state index in [-0.39, 0.29) is 11.5 Å². The minimum Gasteiger partial charge on any atom is -0.370 e. The van der Waals surface area contributed by atoms with Crippen molar-refractivity contribution in [3.8, 4) is 0 Å². The number of likely N-dealkylation sites (tertiary alicyclic amines) is 2. The minimum absolute atomic E-state index is 0.0745. The molecule has 0 saturated carbocycles. The Morgan fingerprint density at radius 1 is 1.29 bits per heavy atom. The fourth-order valence-corrected chi connectivity index (χ4v) is 4.79. The Morgan fingerprint density at radius 2 is 2.07 bits per heavy atom. The second kappa shape index (κ2) is 6.70. The molecule has 0 aromatic carbocycles. The van der Waals surface area contributed by atoms with Gasteiger partial charge in [0, 0.05) is 17.8 Å². The highest BCUT2D eigenvalue weighted by atomic mass is 16.5. The summed E-state index contributed by atoms with van der Waals surface area (Å²) in [6.07, 6.45) is 7.35. The van der Waals surface area contributed by atoms with Crippen LogP contribution in [0.3, 0.4) is 0 Å². The molecule has 0 aliphatic carbocycles. The van der Waals surface area contributed by atoms with Gasteiger partial charge >= 0.3 is 0 Å². The molecule has 5 heterocycles. The van der Waals surface area contributed by atoms with Gasteiger partial charge in [-0.25, -0.2) is 0 Å². The summed E-state index contributed by atoms with van der Waals surface area (Å²) in [6.45, 7) is 8.75. The van der Waals surface area contributed by atoms with E-state index >= 15 is 0 Å². The predicted molar refractivity (Wildman–Crippen MR) is 101 cm³/mol. The van der Waals surface area contributed by atoms with Crippen LogP contribution in [0.5, 0.6) is 0 Å². The predicted octanol–water partition coefficient (Wildman–Crippen LogP) is 1.62. The standard InChI is InChI=1S/C20H27N5O3/c1-14-8-21-25(9-14)10-17-15(2)28-22-18(17)19(26)24-12-20(13-24)7-16(11-27-20)23-5-3-4-6-23/h8-9,16H,3-7,10-13H2,1-2H3. The van der Waals surface area contributed by atoms with Crippen LogP contribution in [0.15, 0.2) is 16.9 Å². The lowest BCUT2D eigenvalue weighted by atomic mass is 9.88. The van der Waals surface area contributed by atoms with Crippen molar-refractivity contribution in [2.45, 2.75) is 51.3 Å². The normalized spacial score (nSPS) is 24.2. The van der Waals surface area contributed by atoms with E-state index in [1.165, 1.54) is 25.9 Å². The maximum atomic E-state index is 13.0. The van der Waals surface area contributed by atoms with Crippen molar-refractivity contribution in [1.29, 1.82) is 0 Å². The molecule has 3 fully saturated rings. The smallest absolute Gasteiger partial charge is 0.276 e. The number of carbonyl (C=O) groups is 1. The third-order valence-corrected chi connectivity index (χ3v) is 6.36. The molecule has 2 aromatic heterocycles. The van der Waals surface area contributed by atoms with E-state index in [0.29, 0.717) is 37.1 Å². The third kappa shape index (κ3) is 3.04. The molecule has 0 bridgehead atoms. The van der Waals surface area contributed by atoms with Crippen molar-refractivity contribution < 1.29 is 14.1 Å². The summed E-state index contributed by atoms with van der Waals surface area (Å²) < 4.78 is 13.3. The van der Waals surface area contributed by atoms with E-state index < -0.39 is 0 Å². The molecular formula is C20H27N5O3. The quantitative estimate of drug-likeness (QED) is 0.796. The number of hydrogen-bond donors (Lipinski definition) is 0. The Kier molecular flexibility index (Phi) is 4.28. The van der Waals surface area contributed by atoms with Crippen molar-refractivity contribution >= 4 is 5.91 Å². The Hall–Kier alpha value is -2.19. The first-order valence-corrected chi connectivity index (χ1v) is 10.1. The van der Waals surface area contributed by atoms with Crippen molar-refractivity contribution in [3.63, 3.8) is 0 Å². The summed E-state index contributed by atoms with van der Waals surface area (Å²) in [4.78, 5) is 17.4. The molecule has 3 aliphatic rings. The van der Waals surface area contributed by atoms with Gasteiger partial charge in [0.1, 0.15) is 11.4 Å². The van der Waals surface area contributed by atoms with Crippen LogP contribution in [0, 0.1) is 13.8 Å². The highest BCUT2D eigenvalue weighted by Crippen LogP contribution is 2.38. The lowest BCUT2D eigenvalue weighted by molar-refractivity contribution is -0.0953. The Balaban J connectivity index is 1.25. The molecule has 1 atom stereocenters. The van der Waals surface area contributed by atoms with E-state index in [1.54, 1.807) is 6.20 Å². The van der Waals surface area contributed by atoms with Gasteiger partial charge in [-0.2, -0.15) is 5.10 Å². The summed E-state index contributed by atoms with van der Waals surface area (Å²) in [5.74, 6) is 0.590. The molecule has 3 saturated heterocycles. The number of aryl methyl sites for hydroxylation is 2. The van der Waals surface area contributed by atoms with Crippen molar-refractivity contribution in [1.82, 2.24) is 24.7 Å². The zero-order chi connectivity index (χ0) is 19.3. The summed E-state index contributed by atoms with van der Waals surface area (Å²) in [5.41, 5.74) is 2.12. The van der Waals surface area contributed by atoms with Crippen LogP contribution in [-0.4, -0.2) is 75.1 Å². The van der Waals surface area contributed by atoms with Gasteiger partial charge in [-0.05, 0) is 51.8 Å². The second-order valence-electron chi connectivity index (χ2n) is 8.54. The lowest BCUT2D eigenvalue weighted by Crippen LogP contribution is -2.63. The van der Waals surface area contributed by atoms with Gasteiger partial charge in [-0.3, -0.25) is 14.4 Å². The Bertz CT molecular complexity index is 876. The molecular weight excluding hydrogens is 358 g/mol. The van der Waals surface area contributed by atoms with E-state index in [9.17, 15) is 4.79 Å². The van der Waals surface area contributed by atoms with Gasteiger partial charge < -0.3 is 14.2 Å². The Labute approximate surface area is 164 Å². The second-order valence-corrected chi connectivity index (χ2v) is 8.54. The van der Waals surface area contributed by atoms with Crippen LogP contribution >= 0.6 is 0 Å². The molecule has 5 rings (SSSR count). The van der Waals surface area contributed by atoms with Crippen LogP contribution in [0.1, 0.15) is 46.6 Å². The maximum Gasteiger partial charge on any atom is 0.276 e. The molecule has 3 aliphatic heterocycles. The topological polar surface area (TPSA) is 76.6 Å². The van der Waals surface area contributed by atoms with Gasteiger partial charge in [-0.15, -0.1) is 0 Å². The highest BCUT2D eigenvalue weighted by molar-refractivity contribution is 5.94. The number of rotatable bonds is 4. The fraction of sp³-hybridized carbons (Fsp3) is 0.650. The number of carbonyl (C=O) groups excluding carboxylic acids is 1. The first kappa shape index (κ1) is 17.9. The number of hydrogen-bond acceptors (Lipinski definition) is 6. The van der Waals surface area contributed by atoms with Crippen LogP contribution in [0.25, 0.3) is 0 Å². The van der Waals surface area contributed by atoms with Crippen LogP contribution < -0.4 is 0 Å². The van der Waals surface area contributed by atoms with Gasteiger partial charge in [0.2, 0.25) is 0 Å². The number of ether oxygens (including phenoxy) is 1. The summed E-state index contributed by atoms with van der Waals surface area (Å²) >= 11 is 0. The zero-order valence-electron chi connectivity index (χ0n) is 16.6. The number of amides is 1. The summed E-state index contributed by atoms with van der Waals surface area (Å²) in [5, 5.41) is 8.37. The van der Waals surface area contributed by atoms with Gasteiger partial charge in [0.15, 0.2) is 5.69 Å². The van der Waals surface area contributed by atoms with Crippen molar-refractivity contribution in [2.24, 2.45) is 0 Å². The van der Waals surface area contributed by atoms with Crippen LogP contribution in [0.2, 0.25) is 0 Å². The van der Waals surface area contributed by atoms with Crippen LogP contribution in [0.4, 0.5) is 0 Å². The first-order chi connectivity index (χ1) is 13.5. The van der Waals surface area contributed by atoms with Gasteiger partial charge in [-0.1, -0.05) is 5.16 Å².